The Labute approximate surface area is 79.1 Å². The van der Waals surface area contributed by atoms with Gasteiger partial charge in [0, 0.05) is 18.0 Å². The van der Waals surface area contributed by atoms with Gasteiger partial charge in [-0.2, -0.15) is 0 Å². The van der Waals surface area contributed by atoms with Crippen LogP contribution in [0.15, 0.2) is 18.5 Å². The van der Waals surface area contributed by atoms with E-state index in [1.165, 1.54) is 0 Å². The molecule has 2 nitrogen and oxygen atoms in total. The van der Waals surface area contributed by atoms with Crippen LogP contribution in [0.3, 0.4) is 0 Å². The topological polar surface area (TPSA) is 30.0 Å². The Morgan fingerprint density at radius 3 is 3.25 bits per heavy atom. The van der Waals surface area contributed by atoms with E-state index < -0.39 is 0 Å². The number of Topliss-reactive ketones (excluding diaryl/α,β-unsaturated/α-hetero) is 1. The van der Waals surface area contributed by atoms with E-state index in [9.17, 15) is 4.79 Å². The zero-order valence-electron chi connectivity index (χ0n) is 6.46. The lowest BCUT2D eigenvalue weighted by Crippen LogP contribution is -2.22. The molecule has 62 valence electrons. The van der Waals surface area contributed by atoms with E-state index in [0.717, 1.165) is 24.0 Å². The zero-order chi connectivity index (χ0) is 8.55. The number of aromatic nitrogens is 1. The normalized spacial score (nSPS) is 22.1. The van der Waals surface area contributed by atoms with Gasteiger partial charge in [-0.3, -0.25) is 9.78 Å². The van der Waals surface area contributed by atoms with Crippen LogP contribution in [0.1, 0.15) is 22.3 Å². The number of alkyl halides is 1. The van der Waals surface area contributed by atoms with Crippen LogP contribution in [0.2, 0.25) is 0 Å². The third-order valence-corrected chi connectivity index (χ3v) is 2.99. The maximum Gasteiger partial charge on any atom is 0.176 e. The smallest absolute Gasteiger partial charge is 0.176 e. The molecule has 0 aromatic carbocycles. The number of nitrogens with zero attached hydrogens (tertiary/aromatic N) is 1. The summed E-state index contributed by atoms with van der Waals surface area (Å²) in [5.41, 5.74) is 1.91. The first kappa shape index (κ1) is 7.92. The number of rotatable bonds is 0. The van der Waals surface area contributed by atoms with E-state index in [4.69, 9.17) is 0 Å². The Bertz CT molecular complexity index is 324. The molecule has 0 amide bonds. The lowest BCUT2D eigenvalue weighted by atomic mass is 9.92. The molecule has 1 aromatic rings. The molecule has 2 rings (SSSR count). The maximum absolute atomic E-state index is 11.5. The number of aryl methyl sites for hydroxylation is 1. The van der Waals surface area contributed by atoms with Crippen molar-refractivity contribution in [3.8, 4) is 0 Å². The fourth-order valence-corrected chi connectivity index (χ4v) is 1.92. The SMILES string of the molecule is O=C1c2ccncc2CCC1Br. The van der Waals surface area contributed by atoms with Crippen LogP contribution in [0.25, 0.3) is 0 Å². The van der Waals surface area contributed by atoms with E-state index in [2.05, 4.69) is 20.9 Å². The number of pyridine rings is 1. The minimum absolute atomic E-state index is 0.00685. The van der Waals surface area contributed by atoms with Gasteiger partial charge in [0.25, 0.3) is 0 Å². The molecule has 0 radical (unpaired) electrons. The van der Waals surface area contributed by atoms with Crippen molar-refractivity contribution in [3.05, 3.63) is 29.6 Å². The molecule has 0 saturated heterocycles. The second kappa shape index (κ2) is 2.98. The Balaban J connectivity index is 2.49. The first-order chi connectivity index (χ1) is 5.79. The van der Waals surface area contributed by atoms with Gasteiger partial charge < -0.3 is 0 Å². The number of ketones is 1. The van der Waals surface area contributed by atoms with E-state index in [0.29, 0.717) is 0 Å². The average molecular weight is 226 g/mol. The summed E-state index contributed by atoms with van der Waals surface area (Å²) < 4.78 is 0. The molecule has 0 spiro atoms. The largest absolute Gasteiger partial charge is 0.293 e. The summed E-state index contributed by atoms with van der Waals surface area (Å²) in [6.07, 6.45) is 5.29. The fraction of sp³-hybridized carbons (Fsp3) is 0.333. The fourth-order valence-electron chi connectivity index (χ4n) is 1.45. The summed E-state index contributed by atoms with van der Waals surface area (Å²) in [5, 5.41) is 0. The Morgan fingerprint density at radius 2 is 2.42 bits per heavy atom. The highest BCUT2D eigenvalue weighted by Crippen LogP contribution is 2.24. The van der Waals surface area contributed by atoms with Gasteiger partial charge >= 0.3 is 0 Å². The van der Waals surface area contributed by atoms with Crippen LogP contribution in [0, 0.1) is 0 Å². The van der Waals surface area contributed by atoms with Crippen LogP contribution < -0.4 is 0 Å². The summed E-state index contributed by atoms with van der Waals surface area (Å²) in [4.78, 5) is 15.5. The highest BCUT2D eigenvalue weighted by molar-refractivity contribution is 9.10. The molecule has 1 heterocycles. The Hall–Kier alpha value is -0.700. The van der Waals surface area contributed by atoms with Gasteiger partial charge in [-0.1, -0.05) is 15.9 Å². The molecule has 0 fully saturated rings. The summed E-state index contributed by atoms with van der Waals surface area (Å²) in [5.74, 6) is 0.193. The van der Waals surface area contributed by atoms with Crippen LogP contribution in [0.4, 0.5) is 0 Å². The Morgan fingerprint density at radius 1 is 1.58 bits per heavy atom. The van der Waals surface area contributed by atoms with Crippen molar-refractivity contribution in [2.24, 2.45) is 0 Å². The molecule has 0 saturated carbocycles. The summed E-state index contributed by atoms with van der Waals surface area (Å²) in [7, 11) is 0. The van der Waals surface area contributed by atoms with Crippen molar-refractivity contribution < 1.29 is 4.79 Å². The van der Waals surface area contributed by atoms with Crippen molar-refractivity contribution in [3.63, 3.8) is 0 Å². The first-order valence-electron chi connectivity index (χ1n) is 3.90. The van der Waals surface area contributed by atoms with Gasteiger partial charge in [0.1, 0.15) is 0 Å². The van der Waals surface area contributed by atoms with Gasteiger partial charge in [0.15, 0.2) is 5.78 Å². The highest BCUT2D eigenvalue weighted by atomic mass is 79.9. The van der Waals surface area contributed by atoms with Crippen LogP contribution in [-0.2, 0) is 6.42 Å². The molecule has 1 aliphatic rings. The molecule has 3 heteroatoms. The third-order valence-electron chi connectivity index (χ3n) is 2.12. The van der Waals surface area contributed by atoms with Crippen molar-refractivity contribution >= 4 is 21.7 Å². The number of hydrogen-bond acceptors (Lipinski definition) is 2. The maximum atomic E-state index is 11.5. The molecular formula is C9H8BrNO. The second-order valence-electron chi connectivity index (χ2n) is 2.90. The molecule has 0 aliphatic heterocycles. The van der Waals surface area contributed by atoms with Gasteiger partial charge in [-0.15, -0.1) is 0 Å². The predicted octanol–water partition coefficient (Wildman–Crippen LogP) is 1.97. The molecule has 1 aromatic heterocycles. The van der Waals surface area contributed by atoms with E-state index >= 15 is 0 Å². The summed E-state index contributed by atoms with van der Waals surface area (Å²) >= 11 is 3.35. The quantitative estimate of drug-likeness (QED) is 0.633. The van der Waals surface area contributed by atoms with Crippen molar-refractivity contribution in [2.45, 2.75) is 17.7 Å². The monoisotopic (exact) mass is 225 g/mol. The number of hydrogen-bond donors (Lipinski definition) is 0. The predicted molar refractivity (Wildman–Crippen MR) is 49.6 cm³/mol. The summed E-state index contributed by atoms with van der Waals surface area (Å²) in [6, 6.07) is 1.80. The first-order valence-corrected chi connectivity index (χ1v) is 4.82. The molecule has 0 bridgehead atoms. The lowest BCUT2D eigenvalue weighted by Gasteiger charge is -2.17. The molecule has 0 N–H and O–H groups in total. The average Bonchev–Trinajstić information content (AvgIpc) is 2.12. The molecular weight excluding hydrogens is 218 g/mol. The van der Waals surface area contributed by atoms with Crippen LogP contribution in [-0.4, -0.2) is 15.6 Å². The van der Waals surface area contributed by atoms with Crippen molar-refractivity contribution in [2.75, 3.05) is 0 Å². The van der Waals surface area contributed by atoms with Gasteiger partial charge in [-0.25, -0.2) is 0 Å². The van der Waals surface area contributed by atoms with Crippen molar-refractivity contribution in [1.82, 2.24) is 4.98 Å². The lowest BCUT2D eigenvalue weighted by molar-refractivity contribution is 0.0981. The standard InChI is InChI=1S/C9H8BrNO/c10-8-2-1-6-5-11-4-3-7(6)9(8)12/h3-5,8H,1-2H2. The van der Waals surface area contributed by atoms with E-state index in [-0.39, 0.29) is 10.6 Å². The highest BCUT2D eigenvalue weighted by Gasteiger charge is 2.24. The van der Waals surface area contributed by atoms with E-state index in [1.807, 2.05) is 0 Å². The minimum Gasteiger partial charge on any atom is -0.293 e. The number of carbonyl (C=O) groups is 1. The molecule has 1 atom stereocenters. The zero-order valence-corrected chi connectivity index (χ0v) is 8.04. The number of halogens is 1. The van der Waals surface area contributed by atoms with Crippen LogP contribution >= 0.6 is 15.9 Å². The molecule has 1 unspecified atom stereocenters. The number of carbonyl (C=O) groups excluding carboxylic acids is 1. The van der Waals surface area contributed by atoms with E-state index in [1.54, 1.807) is 18.5 Å². The van der Waals surface area contributed by atoms with Crippen LogP contribution in [0.5, 0.6) is 0 Å². The second-order valence-corrected chi connectivity index (χ2v) is 4.01. The van der Waals surface area contributed by atoms with Gasteiger partial charge in [0.2, 0.25) is 0 Å². The number of fused-ring (bicyclic) bond motifs is 1. The summed E-state index contributed by atoms with van der Waals surface area (Å²) in [6.45, 7) is 0. The molecule has 12 heavy (non-hydrogen) atoms. The van der Waals surface area contributed by atoms with Gasteiger partial charge in [0.05, 0.1) is 4.83 Å². The third kappa shape index (κ3) is 1.18. The molecule has 1 aliphatic carbocycles. The minimum atomic E-state index is 0.00685. The van der Waals surface area contributed by atoms with Crippen molar-refractivity contribution in [1.29, 1.82) is 0 Å². The Kier molecular flexibility index (Phi) is 1.97. The van der Waals surface area contributed by atoms with Gasteiger partial charge in [-0.05, 0) is 24.5 Å².